The van der Waals surface area contributed by atoms with Gasteiger partial charge in [0, 0.05) is 18.2 Å². The van der Waals surface area contributed by atoms with Crippen LogP contribution < -0.4 is 4.18 Å². The second kappa shape index (κ2) is 9.64. The first-order chi connectivity index (χ1) is 14.9. The van der Waals surface area contributed by atoms with Crippen LogP contribution in [0.25, 0.3) is 5.57 Å². The van der Waals surface area contributed by atoms with Crippen LogP contribution in [0, 0.1) is 24.0 Å². The van der Waals surface area contributed by atoms with Crippen LogP contribution in [0.3, 0.4) is 0 Å². The number of nitro groups is 1. The van der Waals surface area contributed by atoms with E-state index in [0.29, 0.717) is 35.4 Å². The predicted molar refractivity (Wildman–Crippen MR) is 123 cm³/mol. The van der Waals surface area contributed by atoms with E-state index in [1.807, 2.05) is 13.8 Å². The van der Waals surface area contributed by atoms with E-state index in [2.05, 4.69) is 5.10 Å². The lowest BCUT2D eigenvalue weighted by atomic mass is 9.90. The van der Waals surface area contributed by atoms with E-state index in [4.69, 9.17) is 4.18 Å². The highest BCUT2D eigenvalue weighted by Crippen LogP contribution is 2.35. The highest BCUT2D eigenvalue weighted by Gasteiger charge is 2.30. The number of carbonyl (C=O) groups excluding carboxylic acids is 1. The van der Waals surface area contributed by atoms with E-state index in [1.165, 1.54) is 16.8 Å². The maximum atomic E-state index is 13.6. The minimum atomic E-state index is -3.91. The van der Waals surface area contributed by atoms with Crippen molar-refractivity contribution in [1.82, 2.24) is 9.78 Å². The zero-order chi connectivity index (χ0) is 24.4. The third-order valence-corrected chi connectivity index (χ3v) is 6.60. The lowest BCUT2D eigenvalue weighted by Gasteiger charge is -2.14. The number of carbonyl (C=O) groups is 1. The minimum absolute atomic E-state index is 0.0317. The summed E-state index contributed by atoms with van der Waals surface area (Å²) in [7, 11) is -3.91. The number of hydrogen-bond acceptors (Lipinski definition) is 7. The van der Waals surface area contributed by atoms with Gasteiger partial charge in [-0.15, -0.1) is 0 Å². The quantitative estimate of drug-likeness (QED) is 0.231. The second-order valence-electron chi connectivity index (χ2n) is 7.77. The van der Waals surface area contributed by atoms with Crippen molar-refractivity contribution in [2.24, 2.45) is 0 Å². The van der Waals surface area contributed by atoms with Gasteiger partial charge in [-0.25, -0.2) is 4.68 Å². The molecule has 1 heterocycles. The Balaban J connectivity index is 2.77. The van der Waals surface area contributed by atoms with Crippen molar-refractivity contribution in [2.45, 2.75) is 61.4 Å². The van der Waals surface area contributed by atoms with E-state index in [-0.39, 0.29) is 28.4 Å². The summed E-state index contributed by atoms with van der Waals surface area (Å²) in [5.74, 6) is -0.838. The molecule has 0 saturated heterocycles. The maximum Gasteiger partial charge on any atom is 0.310 e. The van der Waals surface area contributed by atoms with E-state index in [1.54, 1.807) is 34.6 Å². The number of rotatable bonds is 9. The average Bonchev–Trinajstić information content (AvgIpc) is 3.00. The zero-order valence-electron chi connectivity index (χ0n) is 19.5. The van der Waals surface area contributed by atoms with Crippen molar-refractivity contribution in [3.63, 3.8) is 0 Å². The molecule has 1 aromatic heterocycles. The summed E-state index contributed by atoms with van der Waals surface area (Å²) in [6.45, 7) is 12.5. The smallest absolute Gasteiger partial charge is 0.310 e. The molecule has 0 unspecified atom stereocenters. The number of benzene rings is 1. The van der Waals surface area contributed by atoms with Crippen LogP contribution in [0.2, 0.25) is 0 Å². The fraction of sp³-hybridized carbons (Fsp3) is 0.455. The molecule has 174 valence electrons. The van der Waals surface area contributed by atoms with Crippen LogP contribution in [0.4, 0.5) is 5.69 Å². The van der Waals surface area contributed by atoms with Gasteiger partial charge in [-0.2, -0.15) is 13.5 Å². The topological polar surface area (TPSA) is 121 Å². The summed E-state index contributed by atoms with van der Waals surface area (Å²) in [5.41, 5.74) is 2.87. The van der Waals surface area contributed by atoms with Crippen LogP contribution in [-0.2, 0) is 16.7 Å². The Bertz CT molecular complexity index is 1200. The Kier molecular flexibility index (Phi) is 7.61. The molecule has 0 bridgehead atoms. The molecule has 0 saturated carbocycles. The highest BCUT2D eigenvalue weighted by atomic mass is 32.2. The van der Waals surface area contributed by atoms with Crippen molar-refractivity contribution in [3.05, 3.63) is 55.8 Å². The molecule has 0 N–H and O–H groups in total. The number of nitro benzene ring substituents is 1. The van der Waals surface area contributed by atoms with Crippen LogP contribution in [-0.4, -0.2) is 34.7 Å². The normalized spacial score (nSPS) is 11.3. The second-order valence-corrected chi connectivity index (χ2v) is 9.46. The first kappa shape index (κ1) is 25.3. The highest BCUT2D eigenvalue weighted by molar-refractivity contribution is 7.87. The standard InChI is InChI=1S/C22H29N3O6S/c1-8-12-32(29,30)31-22-20(16(7)23-24(22)9-2)21(26)17-10-11-18(25(27)28)19(15(17)6)14(5)13(3)4/h10-11H,8-9,12H2,1-7H3. The first-order valence-electron chi connectivity index (χ1n) is 10.3. The zero-order valence-corrected chi connectivity index (χ0v) is 20.3. The molecule has 9 nitrogen and oxygen atoms in total. The fourth-order valence-electron chi connectivity index (χ4n) is 3.49. The molecule has 0 fully saturated rings. The minimum Gasteiger partial charge on any atom is -0.361 e. The molecule has 0 atom stereocenters. The summed E-state index contributed by atoms with van der Waals surface area (Å²) in [5, 5.41) is 15.9. The van der Waals surface area contributed by atoms with Gasteiger partial charge in [0.15, 0.2) is 0 Å². The van der Waals surface area contributed by atoms with Gasteiger partial charge < -0.3 is 4.18 Å². The Morgan fingerprint density at radius 1 is 1.16 bits per heavy atom. The first-order valence-corrected chi connectivity index (χ1v) is 11.9. The SMILES string of the molecule is CCCS(=O)(=O)Oc1c(C(=O)c2ccc([N+](=O)[O-])c(C(C)=C(C)C)c2C)c(C)nn1CC. The number of aryl methyl sites for hydroxylation is 2. The number of ketones is 1. The van der Waals surface area contributed by atoms with Gasteiger partial charge >= 0.3 is 10.1 Å². The van der Waals surface area contributed by atoms with Gasteiger partial charge in [0.2, 0.25) is 11.7 Å². The van der Waals surface area contributed by atoms with Crippen LogP contribution in [0.15, 0.2) is 17.7 Å². The molecular formula is C22H29N3O6S. The Morgan fingerprint density at radius 2 is 1.78 bits per heavy atom. The Labute approximate surface area is 188 Å². The summed E-state index contributed by atoms with van der Waals surface area (Å²) < 4.78 is 31.3. The molecule has 1 aromatic carbocycles. The largest absolute Gasteiger partial charge is 0.361 e. The molecule has 2 rings (SSSR count). The molecule has 0 spiro atoms. The molecule has 0 aliphatic carbocycles. The van der Waals surface area contributed by atoms with Crippen molar-refractivity contribution in [3.8, 4) is 5.88 Å². The summed E-state index contributed by atoms with van der Waals surface area (Å²) >= 11 is 0. The molecule has 0 radical (unpaired) electrons. The number of aromatic nitrogens is 2. The van der Waals surface area contributed by atoms with Gasteiger partial charge in [-0.3, -0.25) is 14.9 Å². The lowest BCUT2D eigenvalue weighted by molar-refractivity contribution is -0.385. The molecule has 32 heavy (non-hydrogen) atoms. The van der Waals surface area contributed by atoms with Crippen molar-refractivity contribution < 1.29 is 22.3 Å². The van der Waals surface area contributed by atoms with Gasteiger partial charge in [-0.1, -0.05) is 12.5 Å². The van der Waals surface area contributed by atoms with E-state index in [0.717, 1.165) is 5.57 Å². The van der Waals surface area contributed by atoms with Gasteiger partial charge in [0.1, 0.15) is 5.56 Å². The Morgan fingerprint density at radius 3 is 2.28 bits per heavy atom. The molecule has 2 aromatic rings. The fourth-order valence-corrected chi connectivity index (χ4v) is 4.48. The monoisotopic (exact) mass is 463 g/mol. The summed E-state index contributed by atoms with van der Waals surface area (Å²) in [6, 6.07) is 2.70. The average molecular weight is 464 g/mol. The molecule has 0 amide bonds. The number of hydrogen-bond donors (Lipinski definition) is 0. The predicted octanol–water partition coefficient (Wildman–Crippen LogP) is 4.59. The lowest BCUT2D eigenvalue weighted by Crippen LogP contribution is -2.18. The third-order valence-electron chi connectivity index (χ3n) is 5.28. The maximum absolute atomic E-state index is 13.6. The molecule has 0 aliphatic rings. The number of allylic oxidation sites excluding steroid dienone is 2. The molecule has 0 aliphatic heterocycles. The van der Waals surface area contributed by atoms with Crippen LogP contribution >= 0.6 is 0 Å². The van der Waals surface area contributed by atoms with Gasteiger partial charge in [0.05, 0.1) is 21.9 Å². The molecular weight excluding hydrogens is 434 g/mol. The number of nitrogens with zero attached hydrogens (tertiary/aromatic N) is 3. The van der Waals surface area contributed by atoms with Crippen LogP contribution in [0.1, 0.15) is 73.8 Å². The molecule has 10 heteroatoms. The summed E-state index contributed by atoms with van der Waals surface area (Å²) in [4.78, 5) is 24.7. The summed E-state index contributed by atoms with van der Waals surface area (Å²) in [6.07, 6.45) is 0.359. The van der Waals surface area contributed by atoms with Gasteiger partial charge in [-0.05, 0) is 65.2 Å². The van der Waals surface area contributed by atoms with Crippen LogP contribution in [0.5, 0.6) is 5.88 Å². The van der Waals surface area contributed by atoms with Crippen molar-refractivity contribution in [1.29, 1.82) is 0 Å². The Hall–Kier alpha value is -3.01. The van der Waals surface area contributed by atoms with E-state index < -0.39 is 20.8 Å². The third kappa shape index (κ3) is 4.90. The van der Waals surface area contributed by atoms with Crippen molar-refractivity contribution >= 4 is 27.2 Å². The van der Waals surface area contributed by atoms with E-state index in [9.17, 15) is 23.3 Å². The van der Waals surface area contributed by atoms with E-state index >= 15 is 0 Å². The van der Waals surface area contributed by atoms with Crippen molar-refractivity contribution in [2.75, 3.05) is 5.75 Å². The van der Waals surface area contributed by atoms with Gasteiger partial charge in [0.25, 0.3) is 5.69 Å².